The van der Waals surface area contributed by atoms with Crippen molar-refractivity contribution in [3.63, 3.8) is 0 Å². The summed E-state index contributed by atoms with van der Waals surface area (Å²) in [5, 5.41) is 5.99. The van der Waals surface area contributed by atoms with Crippen molar-refractivity contribution in [2.24, 2.45) is 0 Å². The van der Waals surface area contributed by atoms with E-state index in [1.54, 1.807) is 17.5 Å². The number of rotatable bonds is 3. The number of nitrogens with zero attached hydrogens (tertiary/aromatic N) is 2. The Kier molecular flexibility index (Phi) is 4.58. The highest BCUT2D eigenvalue weighted by Crippen LogP contribution is 2.28. The Morgan fingerprint density at radius 3 is 2.52 bits per heavy atom. The van der Waals surface area contributed by atoms with Crippen LogP contribution in [0.1, 0.15) is 52.1 Å². The second-order valence-corrected chi connectivity index (χ2v) is 7.68. The number of ether oxygens (including phenoxy) is 1. The number of hydrogen-bond acceptors (Lipinski definition) is 4. The molecule has 0 aliphatic carbocycles. The molecule has 0 bridgehead atoms. The van der Waals surface area contributed by atoms with E-state index in [0.29, 0.717) is 13.1 Å². The molecule has 6 heteroatoms. The summed E-state index contributed by atoms with van der Waals surface area (Å²) in [6.07, 6.45) is 2.60. The highest BCUT2D eigenvalue weighted by molar-refractivity contribution is 7.09. The van der Waals surface area contributed by atoms with Gasteiger partial charge in [0.05, 0.1) is 30.3 Å². The first-order chi connectivity index (χ1) is 9.72. The van der Waals surface area contributed by atoms with Gasteiger partial charge in [0.2, 0.25) is 0 Å². The van der Waals surface area contributed by atoms with Gasteiger partial charge in [0, 0.05) is 11.6 Å². The molecule has 1 aliphatic heterocycles. The average Bonchev–Trinajstić information content (AvgIpc) is 2.85. The monoisotopic (exact) mass is 311 g/mol. The van der Waals surface area contributed by atoms with E-state index in [-0.39, 0.29) is 23.3 Å². The summed E-state index contributed by atoms with van der Waals surface area (Å²) in [5.41, 5.74) is -0.663. The molecule has 0 saturated carbocycles. The predicted molar refractivity (Wildman–Crippen MR) is 84.5 cm³/mol. The van der Waals surface area contributed by atoms with E-state index in [9.17, 15) is 4.79 Å². The summed E-state index contributed by atoms with van der Waals surface area (Å²) in [6, 6.07) is -0.0620. The first-order valence-electron chi connectivity index (χ1n) is 7.37. The fourth-order valence-electron chi connectivity index (χ4n) is 2.92. The van der Waals surface area contributed by atoms with Gasteiger partial charge in [-0.05, 0) is 34.1 Å². The number of hydrogen-bond donors (Lipinski definition) is 1. The van der Waals surface area contributed by atoms with E-state index in [2.05, 4.69) is 17.2 Å². The van der Waals surface area contributed by atoms with E-state index < -0.39 is 0 Å². The molecule has 1 aromatic rings. The van der Waals surface area contributed by atoms with E-state index >= 15 is 0 Å². The number of carbonyl (C=O) groups excluding carboxylic acids is 1. The predicted octanol–water partition coefficient (Wildman–Crippen LogP) is 3.19. The van der Waals surface area contributed by atoms with Crippen LogP contribution < -0.4 is 5.32 Å². The highest BCUT2D eigenvalue weighted by Gasteiger charge is 2.40. The van der Waals surface area contributed by atoms with Gasteiger partial charge in [-0.15, -0.1) is 11.3 Å². The minimum absolute atomic E-state index is 0.0217. The van der Waals surface area contributed by atoms with E-state index in [4.69, 9.17) is 4.74 Å². The van der Waals surface area contributed by atoms with Gasteiger partial charge in [0.25, 0.3) is 0 Å². The third-order valence-corrected chi connectivity index (χ3v) is 4.33. The van der Waals surface area contributed by atoms with E-state index in [1.165, 1.54) is 0 Å². The summed E-state index contributed by atoms with van der Waals surface area (Å²) in [5.74, 6) is 0. The average molecular weight is 311 g/mol. The maximum absolute atomic E-state index is 12.6. The molecule has 2 heterocycles. The molecule has 21 heavy (non-hydrogen) atoms. The minimum atomic E-state index is -0.331. The molecule has 118 valence electrons. The molecule has 1 saturated heterocycles. The van der Waals surface area contributed by atoms with E-state index in [0.717, 1.165) is 11.4 Å². The van der Waals surface area contributed by atoms with Crippen molar-refractivity contribution in [2.45, 2.75) is 58.3 Å². The Bertz CT molecular complexity index is 469. The lowest BCUT2D eigenvalue weighted by molar-refractivity contribution is -0.170. The second-order valence-electron chi connectivity index (χ2n) is 6.76. The van der Waals surface area contributed by atoms with Gasteiger partial charge >= 0.3 is 6.03 Å². The Morgan fingerprint density at radius 1 is 1.43 bits per heavy atom. The van der Waals surface area contributed by atoms with Crippen molar-refractivity contribution in [3.05, 3.63) is 16.6 Å². The molecule has 1 aliphatic rings. The Morgan fingerprint density at radius 2 is 2.05 bits per heavy atom. The van der Waals surface area contributed by atoms with E-state index in [1.807, 2.05) is 38.0 Å². The molecular formula is C15H25N3O2S. The zero-order valence-electron chi connectivity index (χ0n) is 13.5. The lowest BCUT2D eigenvalue weighted by atomic mass is 9.99. The van der Waals surface area contributed by atoms with Crippen molar-refractivity contribution in [1.82, 2.24) is 15.2 Å². The molecule has 0 aromatic carbocycles. The van der Waals surface area contributed by atoms with Crippen molar-refractivity contribution >= 4 is 17.4 Å². The number of amides is 2. The molecule has 0 spiro atoms. The molecule has 0 radical (unpaired) electrons. The molecule has 1 fully saturated rings. The molecule has 1 unspecified atom stereocenters. The van der Waals surface area contributed by atoms with Crippen LogP contribution in [0.5, 0.6) is 0 Å². The maximum Gasteiger partial charge on any atom is 0.318 e. The highest BCUT2D eigenvalue weighted by atomic mass is 32.1. The van der Waals surface area contributed by atoms with Crippen LogP contribution in [0, 0.1) is 0 Å². The fraction of sp³-hybridized carbons (Fsp3) is 0.733. The van der Waals surface area contributed by atoms with Gasteiger partial charge in [-0.1, -0.05) is 6.92 Å². The standard InChI is InChI=1S/C15H25N3O2S/c1-6-11(12-16-7-8-21-12)17-13(19)18-9-14(2,3)20-15(4,5)10-18/h7-8,11H,6,9-10H2,1-5H3,(H,17,19). The second kappa shape index (κ2) is 5.93. The number of thiazole rings is 1. The van der Waals surface area contributed by atoms with Gasteiger partial charge in [-0.3, -0.25) is 0 Å². The van der Waals surface area contributed by atoms with Crippen molar-refractivity contribution in [2.75, 3.05) is 13.1 Å². The number of aromatic nitrogens is 1. The van der Waals surface area contributed by atoms with Crippen LogP contribution in [0.2, 0.25) is 0 Å². The van der Waals surface area contributed by atoms with Gasteiger partial charge in [0.15, 0.2) is 0 Å². The van der Waals surface area contributed by atoms with Crippen LogP contribution in [-0.2, 0) is 4.74 Å². The zero-order chi connectivity index (χ0) is 15.7. The molecule has 5 nitrogen and oxygen atoms in total. The van der Waals surface area contributed by atoms with Crippen LogP contribution in [0.3, 0.4) is 0 Å². The first-order valence-corrected chi connectivity index (χ1v) is 8.25. The van der Waals surface area contributed by atoms with Crippen molar-refractivity contribution in [1.29, 1.82) is 0 Å². The maximum atomic E-state index is 12.6. The van der Waals surface area contributed by atoms with Crippen LogP contribution >= 0.6 is 11.3 Å². The zero-order valence-corrected chi connectivity index (χ0v) is 14.3. The third-order valence-electron chi connectivity index (χ3n) is 3.44. The normalized spacial score (nSPS) is 21.9. The van der Waals surface area contributed by atoms with Crippen LogP contribution in [0.15, 0.2) is 11.6 Å². The Balaban J connectivity index is 2.05. The van der Waals surface area contributed by atoms with Crippen LogP contribution in [0.25, 0.3) is 0 Å². The smallest absolute Gasteiger partial charge is 0.318 e. The van der Waals surface area contributed by atoms with Gasteiger partial charge in [-0.2, -0.15) is 0 Å². The minimum Gasteiger partial charge on any atom is -0.366 e. The quantitative estimate of drug-likeness (QED) is 0.932. The molecule has 2 rings (SSSR count). The fourth-order valence-corrected chi connectivity index (χ4v) is 3.69. The van der Waals surface area contributed by atoms with Gasteiger partial charge in [-0.25, -0.2) is 9.78 Å². The number of urea groups is 1. The summed E-state index contributed by atoms with van der Waals surface area (Å²) in [4.78, 5) is 18.7. The van der Waals surface area contributed by atoms with Gasteiger partial charge in [0.1, 0.15) is 5.01 Å². The summed E-state index contributed by atoms with van der Waals surface area (Å²) in [6.45, 7) is 11.3. The summed E-state index contributed by atoms with van der Waals surface area (Å²) < 4.78 is 6.01. The number of nitrogens with one attached hydrogen (secondary N) is 1. The Hall–Kier alpha value is -1.14. The molecule has 1 aromatic heterocycles. The molecule has 1 atom stereocenters. The van der Waals surface area contributed by atoms with Gasteiger partial charge < -0.3 is 15.0 Å². The van der Waals surface area contributed by atoms with Crippen molar-refractivity contribution < 1.29 is 9.53 Å². The molecular weight excluding hydrogens is 286 g/mol. The Labute approximate surface area is 130 Å². The summed E-state index contributed by atoms with van der Waals surface area (Å²) >= 11 is 1.57. The molecule has 2 amide bonds. The van der Waals surface area contributed by atoms with Crippen molar-refractivity contribution in [3.8, 4) is 0 Å². The lowest BCUT2D eigenvalue weighted by Gasteiger charge is -2.47. The van der Waals surface area contributed by atoms with Crippen LogP contribution in [-0.4, -0.2) is 40.2 Å². The van der Waals surface area contributed by atoms with Crippen LogP contribution in [0.4, 0.5) is 4.79 Å². The first kappa shape index (κ1) is 16.2. The number of carbonyl (C=O) groups is 1. The third kappa shape index (κ3) is 4.17. The topological polar surface area (TPSA) is 54.5 Å². The largest absolute Gasteiger partial charge is 0.366 e. The molecule has 1 N–H and O–H groups in total. The number of morpholine rings is 1. The lowest BCUT2D eigenvalue weighted by Crippen LogP contribution is -2.60. The SMILES string of the molecule is CCC(NC(=O)N1CC(C)(C)OC(C)(C)C1)c1nccs1. The summed E-state index contributed by atoms with van der Waals surface area (Å²) in [7, 11) is 0.